The third-order valence-corrected chi connectivity index (χ3v) is 2.48. The molecule has 0 N–H and O–H groups in total. The molecule has 1 nitrogen and oxygen atoms in total. The average Bonchev–Trinajstić information content (AvgIpc) is 2.86. The van der Waals surface area contributed by atoms with Crippen LogP contribution in [-0.4, -0.2) is 5.78 Å². The van der Waals surface area contributed by atoms with Crippen molar-refractivity contribution in [2.75, 3.05) is 0 Å². The largest absolute Gasteiger partial charge is 0.289 e. The predicted molar refractivity (Wildman–Crippen MR) is 55.3 cm³/mol. The van der Waals surface area contributed by atoms with E-state index in [1.807, 2.05) is 42.5 Å². The van der Waals surface area contributed by atoms with E-state index in [1.165, 1.54) is 11.1 Å². The lowest BCUT2D eigenvalue weighted by atomic mass is 10.1. The van der Waals surface area contributed by atoms with Gasteiger partial charge in [-0.3, -0.25) is 4.79 Å². The van der Waals surface area contributed by atoms with Gasteiger partial charge in [-0.15, -0.1) is 0 Å². The molecule has 0 unspecified atom stereocenters. The molecule has 0 amide bonds. The van der Waals surface area contributed by atoms with Crippen LogP contribution in [0.5, 0.6) is 0 Å². The quantitative estimate of drug-likeness (QED) is 0.554. The van der Waals surface area contributed by atoms with E-state index in [2.05, 4.69) is 6.07 Å². The lowest BCUT2D eigenvalue weighted by Crippen LogP contribution is -1.98. The molecule has 2 aliphatic rings. The molecular weight excluding hydrogens is 172 g/mol. The molecule has 0 aliphatic heterocycles. The van der Waals surface area contributed by atoms with E-state index >= 15 is 0 Å². The summed E-state index contributed by atoms with van der Waals surface area (Å²) in [5.74, 6) is 0.117. The molecule has 0 saturated heterocycles. The van der Waals surface area contributed by atoms with Gasteiger partial charge in [0, 0.05) is 11.1 Å². The second-order valence-corrected chi connectivity index (χ2v) is 3.49. The summed E-state index contributed by atoms with van der Waals surface area (Å²) in [6, 6.07) is 15.3. The minimum Gasteiger partial charge on any atom is -0.289 e. The number of benzene rings is 2. The number of carbonyl (C=O) groups excluding carboxylic acids is 1. The van der Waals surface area contributed by atoms with Gasteiger partial charge in [-0.2, -0.15) is 0 Å². The summed E-state index contributed by atoms with van der Waals surface area (Å²) < 4.78 is 0. The van der Waals surface area contributed by atoms with E-state index in [1.54, 1.807) is 0 Å². The Balaban J connectivity index is 2.00. The fraction of sp³-hybridized carbons (Fsp3) is 0. The summed E-state index contributed by atoms with van der Waals surface area (Å²) in [4.78, 5) is 11.9. The first-order chi connectivity index (χ1) is 6.84. The molecule has 0 radical (unpaired) electrons. The molecule has 1 aromatic rings. The topological polar surface area (TPSA) is 17.1 Å². The Bertz CT molecular complexity index is 488. The predicted octanol–water partition coefficient (Wildman–Crippen LogP) is 2.90. The van der Waals surface area contributed by atoms with Crippen LogP contribution in [0.25, 0.3) is 11.1 Å². The highest BCUT2D eigenvalue weighted by Gasteiger charge is 2.18. The number of hydrogen-bond donors (Lipinski definition) is 0. The van der Waals surface area contributed by atoms with Gasteiger partial charge in [0.2, 0.25) is 0 Å². The molecule has 1 heteroatoms. The van der Waals surface area contributed by atoms with Gasteiger partial charge in [-0.1, -0.05) is 30.3 Å². The normalized spacial score (nSPS) is 11.1. The molecule has 2 aliphatic carbocycles. The lowest BCUT2D eigenvalue weighted by Gasteiger charge is -1.96. The molecule has 0 spiro atoms. The standard InChI is InChI=1S/C13H8O/c14-13(9-4-2-1-3-5-9)12-7-10-6-11(10)8-12/h1-8H. The van der Waals surface area contributed by atoms with E-state index in [9.17, 15) is 4.79 Å². The monoisotopic (exact) mass is 180 g/mol. The highest BCUT2D eigenvalue weighted by atomic mass is 16.1. The fourth-order valence-electron chi connectivity index (χ4n) is 1.65. The van der Waals surface area contributed by atoms with Crippen molar-refractivity contribution in [2.45, 2.75) is 0 Å². The molecule has 1 aromatic carbocycles. The number of rotatable bonds is 2. The van der Waals surface area contributed by atoms with Crippen LogP contribution in [0.15, 0.2) is 48.5 Å². The van der Waals surface area contributed by atoms with Crippen LogP contribution < -0.4 is 0 Å². The van der Waals surface area contributed by atoms with Crippen molar-refractivity contribution in [1.29, 1.82) is 0 Å². The third kappa shape index (κ3) is 1.06. The van der Waals surface area contributed by atoms with Gasteiger partial charge in [0.05, 0.1) is 0 Å². The molecular formula is C13H8O. The van der Waals surface area contributed by atoms with Crippen molar-refractivity contribution in [3.63, 3.8) is 0 Å². The summed E-state index contributed by atoms with van der Waals surface area (Å²) in [6.07, 6.45) is 0. The van der Waals surface area contributed by atoms with E-state index in [4.69, 9.17) is 0 Å². The molecule has 14 heavy (non-hydrogen) atoms. The van der Waals surface area contributed by atoms with Crippen LogP contribution in [-0.2, 0) is 0 Å². The zero-order valence-corrected chi connectivity index (χ0v) is 7.53. The molecule has 66 valence electrons. The third-order valence-electron chi connectivity index (χ3n) is 2.48. The maximum atomic E-state index is 11.9. The maximum Gasteiger partial charge on any atom is 0.193 e. The van der Waals surface area contributed by atoms with Gasteiger partial charge in [0.15, 0.2) is 5.78 Å². The van der Waals surface area contributed by atoms with Gasteiger partial charge in [0.1, 0.15) is 0 Å². The summed E-state index contributed by atoms with van der Waals surface area (Å²) in [6.45, 7) is 0. The first kappa shape index (κ1) is 7.51. The van der Waals surface area contributed by atoms with Gasteiger partial charge in [0.25, 0.3) is 0 Å². The Labute approximate surface area is 82.0 Å². The highest BCUT2D eigenvalue weighted by molar-refractivity contribution is 6.11. The SMILES string of the molecule is O=C(c1ccccc1)c1cc2cc-2c1. The molecule has 0 heterocycles. The van der Waals surface area contributed by atoms with Gasteiger partial charge < -0.3 is 0 Å². The van der Waals surface area contributed by atoms with Crippen molar-refractivity contribution in [1.82, 2.24) is 0 Å². The zero-order chi connectivity index (χ0) is 9.54. The van der Waals surface area contributed by atoms with Crippen LogP contribution in [0.1, 0.15) is 15.9 Å². The van der Waals surface area contributed by atoms with Gasteiger partial charge in [-0.05, 0) is 29.3 Å². The minimum absolute atomic E-state index is 0.117. The minimum atomic E-state index is 0.117. The van der Waals surface area contributed by atoms with Crippen LogP contribution in [0.2, 0.25) is 0 Å². The van der Waals surface area contributed by atoms with Crippen molar-refractivity contribution in [2.24, 2.45) is 0 Å². The molecule has 0 bridgehead atoms. The maximum absolute atomic E-state index is 11.9. The van der Waals surface area contributed by atoms with Crippen LogP contribution in [0.3, 0.4) is 0 Å². The van der Waals surface area contributed by atoms with Crippen molar-refractivity contribution in [3.05, 3.63) is 59.7 Å². The number of ketones is 1. The Kier molecular flexibility index (Phi) is 1.37. The lowest BCUT2D eigenvalue weighted by molar-refractivity contribution is 0.103. The number of hydrogen-bond acceptors (Lipinski definition) is 1. The van der Waals surface area contributed by atoms with E-state index in [0.717, 1.165) is 11.1 Å². The highest BCUT2D eigenvalue weighted by Crippen LogP contribution is 2.36. The van der Waals surface area contributed by atoms with Gasteiger partial charge >= 0.3 is 0 Å². The summed E-state index contributed by atoms with van der Waals surface area (Å²) >= 11 is 0. The van der Waals surface area contributed by atoms with Crippen molar-refractivity contribution < 1.29 is 4.79 Å². The smallest absolute Gasteiger partial charge is 0.193 e. The van der Waals surface area contributed by atoms with Crippen molar-refractivity contribution >= 4 is 5.78 Å². The number of carbonyl (C=O) groups is 1. The molecule has 0 aromatic heterocycles. The molecule has 0 atom stereocenters. The summed E-state index contributed by atoms with van der Waals surface area (Å²) in [7, 11) is 0. The van der Waals surface area contributed by atoms with Crippen LogP contribution >= 0.6 is 0 Å². The van der Waals surface area contributed by atoms with Crippen LogP contribution in [0, 0.1) is 0 Å². The fourth-order valence-corrected chi connectivity index (χ4v) is 1.65. The van der Waals surface area contributed by atoms with Crippen LogP contribution in [0.4, 0.5) is 0 Å². The molecule has 3 rings (SSSR count). The Morgan fingerprint density at radius 3 is 2.07 bits per heavy atom. The van der Waals surface area contributed by atoms with Gasteiger partial charge in [-0.25, -0.2) is 0 Å². The second-order valence-electron chi connectivity index (χ2n) is 3.49. The Hall–Kier alpha value is -1.89. The first-order valence-electron chi connectivity index (χ1n) is 4.60. The second kappa shape index (κ2) is 2.55. The Morgan fingerprint density at radius 1 is 0.786 bits per heavy atom. The molecule has 0 saturated carbocycles. The van der Waals surface area contributed by atoms with E-state index < -0.39 is 0 Å². The Morgan fingerprint density at radius 2 is 1.43 bits per heavy atom. The first-order valence-corrected chi connectivity index (χ1v) is 4.60. The zero-order valence-electron chi connectivity index (χ0n) is 7.53. The van der Waals surface area contributed by atoms with Crippen molar-refractivity contribution in [3.8, 4) is 11.1 Å². The van der Waals surface area contributed by atoms with E-state index in [0.29, 0.717) is 0 Å². The van der Waals surface area contributed by atoms with E-state index in [-0.39, 0.29) is 5.78 Å². The summed E-state index contributed by atoms with van der Waals surface area (Å²) in [5, 5.41) is 0. The molecule has 0 fully saturated rings. The average molecular weight is 180 g/mol. The summed E-state index contributed by atoms with van der Waals surface area (Å²) in [5.41, 5.74) is 4.00. The number of fused-ring (bicyclic) bond motifs is 1.